The summed E-state index contributed by atoms with van der Waals surface area (Å²) >= 11 is 0. The van der Waals surface area contributed by atoms with Crippen LogP contribution in [0.2, 0.25) is 0 Å². The Morgan fingerprint density at radius 1 is 1.11 bits per heavy atom. The van der Waals surface area contributed by atoms with Crippen LogP contribution in [-0.2, 0) is 0 Å². The highest BCUT2D eigenvalue weighted by molar-refractivity contribution is 5.64. The molecule has 0 saturated carbocycles. The molecule has 2 aromatic rings. The summed E-state index contributed by atoms with van der Waals surface area (Å²) in [6.45, 7) is 5.22. The summed E-state index contributed by atoms with van der Waals surface area (Å²) in [6.07, 6.45) is 1.09. The van der Waals surface area contributed by atoms with Crippen molar-refractivity contribution < 1.29 is 4.39 Å². The predicted molar refractivity (Wildman–Crippen MR) is 78.5 cm³/mol. The molecule has 0 aliphatic carbocycles. The van der Waals surface area contributed by atoms with Gasteiger partial charge in [-0.1, -0.05) is 43.3 Å². The summed E-state index contributed by atoms with van der Waals surface area (Å²) < 4.78 is 14.0. The molecule has 2 aromatic carbocycles. The second-order valence-electron chi connectivity index (χ2n) is 4.78. The van der Waals surface area contributed by atoms with E-state index in [4.69, 9.17) is 0 Å². The maximum atomic E-state index is 14.0. The summed E-state index contributed by atoms with van der Waals surface area (Å²) in [6, 6.07) is 15.3. The van der Waals surface area contributed by atoms with E-state index in [2.05, 4.69) is 19.2 Å². The lowest BCUT2D eigenvalue weighted by atomic mass is 9.99. The highest BCUT2D eigenvalue weighted by Gasteiger charge is 2.09. The van der Waals surface area contributed by atoms with E-state index >= 15 is 0 Å². The molecule has 2 rings (SSSR count). The van der Waals surface area contributed by atoms with Gasteiger partial charge in [-0.15, -0.1) is 0 Å². The maximum Gasteiger partial charge on any atom is 0.131 e. The fourth-order valence-electron chi connectivity index (χ4n) is 2.13. The maximum absolute atomic E-state index is 14.0. The highest BCUT2D eigenvalue weighted by Crippen LogP contribution is 2.26. The molecule has 0 amide bonds. The van der Waals surface area contributed by atoms with Crippen molar-refractivity contribution in [3.63, 3.8) is 0 Å². The zero-order valence-electron chi connectivity index (χ0n) is 11.5. The van der Waals surface area contributed by atoms with Gasteiger partial charge in [0.25, 0.3) is 0 Å². The van der Waals surface area contributed by atoms with Gasteiger partial charge in [-0.3, -0.25) is 0 Å². The molecule has 0 radical (unpaired) electrons. The van der Waals surface area contributed by atoms with Gasteiger partial charge in [-0.25, -0.2) is 4.39 Å². The van der Waals surface area contributed by atoms with Crippen LogP contribution in [0.25, 0.3) is 11.1 Å². The normalized spacial score (nSPS) is 12.4. The van der Waals surface area contributed by atoms with Crippen LogP contribution in [0.5, 0.6) is 0 Å². The molecular formula is C17H20FN. The highest BCUT2D eigenvalue weighted by atomic mass is 19.1. The second-order valence-corrected chi connectivity index (χ2v) is 4.78. The lowest BCUT2D eigenvalue weighted by Gasteiger charge is -2.15. The molecule has 2 heteroatoms. The SMILES string of the molecule is CCCNC(C)c1ccc(F)c(-c2ccccc2)c1. The van der Waals surface area contributed by atoms with Crippen molar-refractivity contribution in [1.29, 1.82) is 0 Å². The van der Waals surface area contributed by atoms with E-state index in [9.17, 15) is 4.39 Å². The van der Waals surface area contributed by atoms with E-state index in [-0.39, 0.29) is 11.9 Å². The van der Waals surface area contributed by atoms with Gasteiger partial charge >= 0.3 is 0 Å². The van der Waals surface area contributed by atoms with Crippen molar-refractivity contribution in [2.24, 2.45) is 0 Å². The molecule has 0 aromatic heterocycles. The van der Waals surface area contributed by atoms with Crippen molar-refractivity contribution in [1.82, 2.24) is 5.32 Å². The van der Waals surface area contributed by atoms with Crippen molar-refractivity contribution in [2.45, 2.75) is 26.3 Å². The predicted octanol–water partition coefficient (Wildman–Crippen LogP) is 4.55. The monoisotopic (exact) mass is 257 g/mol. The van der Waals surface area contributed by atoms with Crippen LogP contribution >= 0.6 is 0 Å². The van der Waals surface area contributed by atoms with E-state index in [1.54, 1.807) is 6.07 Å². The summed E-state index contributed by atoms with van der Waals surface area (Å²) in [5, 5.41) is 3.42. The molecular weight excluding hydrogens is 237 g/mol. The van der Waals surface area contributed by atoms with Gasteiger partial charge in [0, 0.05) is 11.6 Å². The number of hydrogen-bond donors (Lipinski definition) is 1. The Morgan fingerprint density at radius 3 is 2.53 bits per heavy atom. The first-order chi connectivity index (χ1) is 9.22. The zero-order valence-corrected chi connectivity index (χ0v) is 11.5. The Bertz CT molecular complexity index is 522. The fraction of sp³-hybridized carbons (Fsp3) is 0.294. The van der Waals surface area contributed by atoms with Crippen LogP contribution < -0.4 is 5.32 Å². The Hall–Kier alpha value is -1.67. The lowest BCUT2D eigenvalue weighted by Crippen LogP contribution is -2.19. The molecule has 1 atom stereocenters. The first-order valence-electron chi connectivity index (χ1n) is 6.80. The van der Waals surface area contributed by atoms with Gasteiger partial charge in [-0.2, -0.15) is 0 Å². The van der Waals surface area contributed by atoms with Crippen molar-refractivity contribution in [3.05, 3.63) is 59.9 Å². The molecule has 0 aliphatic rings. The Labute approximate surface area is 114 Å². The molecule has 1 unspecified atom stereocenters. The van der Waals surface area contributed by atoms with Crippen LogP contribution in [0.4, 0.5) is 4.39 Å². The number of halogens is 1. The van der Waals surface area contributed by atoms with E-state index in [1.165, 1.54) is 0 Å². The first-order valence-corrected chi connectivity index (χ1v) is 6.80. The quantitative estimate of drug-likeness (QED) is 0.828. The molecule has 0 heterocycles. The van der Waals surface area contributed by atoms with E-state index in [0.29, 0.717) is 5.56 Å². The van der Waals surface area contributed by atoms with Crippen LogP contribution in [0.15, 0.2) is 48.5 Å². The molecule has 1 nitrogen and oxygen atoms in total. The van der Waals surface area contributed by atoms with E-state index in [0.717, 1.165) is 24.1 Å². The Morgan fingerprint density at radius 2 is 1.84 bits per heavy atom. The molecule has 0 spiro atoms. The number of benzene rings is 2. The van der Waals surface area contributed by atoms with Gasteiger partial charge in [0.2, 0.25) is 0 Å². The Kier molecular flexibility index (Phi) is 4.69. The minimum absolute atomic E-state index is 0.169. The minimum atomic E-state index is -0.169. The number of hydrogen-bond acceptors (Lipinski definition) is 1. The van der Waals surface area contributed by atoms with Crippen LogP contribution in [0.1, 0.15) is 31.9 Å². The molecule has 0 aliphatic heterocycles. The third kappa shape index (κ3) is 3.42. The Balaban J connectivity index is 2.30. The minimum Gasteiger partial charge on any atom is -0.310 e. The number of rotatable bonds is 5. The van der Waals surface area contributed by atoms with Gasteiger partial charge < -0.3 is 5.32 Å². The largest absolute Gasteiger partial charge is 0.310 e. The lowest BCUT2D eigenvalue weighted by molar-refractivity contribution is 0.568. The molecule has 0 saturated heterocycles. The van der Waals surface area contributed by atoms with Crippen LogP contribution in [-0.4, -0.2) is 6.54 Å². The van der Waals surface area contributed by atoms with Gasteiger partial charge in [0.05, 0.1) is 0 Å². The van der Waals surface area contributed by atoms with Crippen molar-refractivity contribution in [2.75, 3.05) is 6.54 Å². The van der Waals surface area contributed by atoms with Crippen molar-refractivity contribution in [3.8, 4) is 11.1 Å². The number of nitrogens with one attached hydrogen (secondary N) is 1. The van der Waals surface area contributed by atoms with Crippen molar-refractivity contribution >= 4 is 0 Å². The van der Waals surface area contributed by atoms with Gasteiger partial charge in [-0.05, 0) is 43.1 Å². The third-order valence-electron chi connectivity index (χ3n) is 3.28. The first kappa shape index (κ1) is 13.8. The summed E-state index contributed by atoms with van der Waals surface area (Å²) in [5.41, 5.74) is 2.71. The van der Waals surface area contributed by atoms with Gasteiger partial charge in [0.15, 0.2) is 0 Å². The summed E-state index contributed by atoms with van der Waals surface area (Å²) in [4.78, 5) is 0. The zero-order chi connectivity index (χ0) is 13.7. The van der Waals surface area contributed by atoms with E-state index < -0.39 is 0 Å². The molecule has 0 bridgehead atoms. The summed E-state index contributed by atoms with van der Waals surface area (Å²) in [7, 11) is 0. The smallest absolute Gasteiger partial charge is 0.131 e. The van der Waals surface area contributed by atoms with Gasteiger partial charge in [0.1, 0.15) is 5.82 Å². The fourth-order valence-corrected chi connectivity index (χ4v) is 2.13. The van der Waals surface area contributed by atoms with Crippen LogP contribution in [0.3, 0.4) is 0 Å². The molecule has 19 heavy (non-hydrogen) atoms. The van der Waals surface area contributed by atoms with E-state index in [1.807, 2.05) is 42.5 Å². The third-order valence-corrected chi connectivity index (χ3v) is 3.28. The molecule has 100 valence electrons. The average Bonchev–Trinajstić information content (AvgIpc) is 2.46. The second kappa shape index (κ2) is 6.48. The molecule has 1 N–H and O–H groups in total. The standard InChI is InChI=1S/C17H20FN/c1-3-11-19-13(2)15-9-10-17(18)16(12-15)14-7-5-4-6-8-14/h4-10,12-13,19H,3,11H2,1-2H3. The molecule has 0 fully saturated rings. The topological polar surface area (TPSA) is 12.0 Å². The summed E-state index contributed by atoms with van der Waals surface area (Å²) in [5.74, 6) is -0.169. The van der Waals surface area contributed by atoms with Crippen LogP contribution in [0, 0.1) is 5.82 Å². The average molecular weight is 257 g/mol.